The number of hydrogen-bond acceptors (Lipinski definition) is 5. The lowest BCUT2D eigenvalue weighted by molar-refractivity contribution is -0.136. The predicted molar refractivity (Wildman–Crippen MR) is 125 cm³/mol. The average Bonchev–Trinajstić information content (AvgIpc) is 3.59. The normalized spacial score (nSPS) is 15.5. The van der Waals surface area contributed by atoms with Crippen LogP contribution in [0.2, 0.25) is 5.02 Å². The maximum absolute atomic E-state index is 13.3. The van der Waals surface area contributed by atoms with E-state index < -0.39 is 24.0 Å². The van der Waals surface area contributed by atoms with Gasteiger partial charge in [-0.15, -0.1) is 0 Å². The average molecular weight is 468 g/mol. The third-order valence-electron chi connectivity index (χ3n) is 5.91. The first-order valence-electron chi connectivity index (χ1n) is 10.8. The van der Waals surface area contributed by atoms with E-state index in [2.05, 4.69) is 4.74 Å². The molecule has 0 saturated heterocycles. The van der Waals surface area contributed by atoms with E-state index in [4.69, 9.17) is 16.6 Å². The summed E-state index contributed by atoms with van der Waals surface area (Å²) in [6.45, 7) is 0.440. The first kappa shape index (κ1) is 23.0. The molecule has 172 valence electrons. The zero-order valence-corrected chi connectivity index (χ0v) is 19.3. The van der Waals surface area contributed by atoms with E-state index in [1.54, 1.807) is 29.2 Å². The lowest BCUT2D eigenvalue weighted by Crippen LogP contribution is -2.40. The smallest absolute Gasteiger partial charge is 0.330 e. The molecule has 0 radical (unpaired) electrons. The lowest BCUT2D eigenvalue weighted by atomic mass is 9.99. The van der Waals surface area contributed by atoms with Crippen LogP contribution in [0, 0.1) is 5.92 Å². The van der Waals surface area contributed by atoms with Crippen molar-refractivity contribution in [3.05, 3.63) is 77.1 Å². The molecule has 0 bridgehead atoms. The van der Waals surface area contributed by atoms with Crippen LogP contribution in [0.15, 0.2) is 60.7 Å². The third-order valence-corrected chi connectivity index (χ3v) is 6.14. The van der Waals surface area contributed by atoms with Gasteiger partial charge in [0.05, 0.1) is 18.1 Å². The molecule has 1 N–H and O–H groups in total. The van der Waals surface area contributed by atoms with Crippen LogP contribution < -0.4 is 0 Å². The molecule has 1 aliphatic rings. The molecule has 33 heavy (non-hydrogen) atoms. The Hall–Kier alpha value is -3.16. The van der Waals surface area contributed by atoms with E-state index in [-0.39, 0.29) is 0 Å². The van der Waals surface area contributed by atoms with Gasteiger partial charge in [-0.3, -0.25) is 4.79 Å². The Morgan fingerprint density at radius 2 is 2.00 bits per heavy atom. The van der Waals surface area contributed by atoms with Gasteiger partial charge in [0.25, 0.3) is 0 Å². The SMILES string of the molecule is COC(=O)/C=C/C(=O)N(CC1CC1)[C@@H](c1nc2ccccc2n1C)[C@@H](O)c1cccc(Cl)c1. The summed E-state index contributed by atoms with van der Waals surface area (Å²) in [7, 11) is 3.12. The summed E-state index contributed by atoms with van der Waals surface area (Å²) in [5.41, 5.74) is 2.23. The van der Waals surface area contributed by atoms with Crippen LogP contribution in [0.3, 0.4) is 0 Å². The van der Waals surface area contributed by atoms with Crippen LogP contribution in [0.4, 0.5) is 0 Å². The highest BCUT2D eigenvalue weighted by atomic mass is 35.5. The minimum atomic E-state index is -1.09. The summed E-state index contributed by atoms with van der Waals surface area (Å²) in [6.07, 6.45) is 3.21. The van der Waals surface area contributed by atoms with Crippen molar-refractivity contribution in [3.63, 3.8) is 0 Å². The summed E-state index contributed by atoms with van der Waals surface area (Å²) in [5, 5.41) is 12.0. The second-order valence-electron chi connectivity index (χ2n) is 8.25. The van der Waals surface area contributed by atoms with Crippen molar-refractivity contribution in [1.82, 2.24) is 14.5 Å². The number of imidazole rings is 1. The van der Waals surface area contributed by atoms with Gasteiger partial charge in [0.15, 0.2) is 0 Å². The molecule has 1 amide bonds. The lowest BCUT2D eigenvalue weighted by Gasteiger charge is -2.34. The van der Waals surface area contributed by atoms with Crippen molar-refractivity contribution in [2.24, 2.45) is 13.0 Å². The van der Waals surface area contributed by atoms with Crippen molar-refractivity contribution < 1.29 is 19.4 Å². The maximum Gasteiger partial charge on any atom is 0.330 e. The van der Waals surface area contributed by atoms with Crippen LogP contribution in [-0.2, 0) is 21.4 Å². The van der Waals surface area contributed by atoms with E-state index in [1.165, 1.54) is 13.2 Å². The molecule has 4 rings (SSSR count). The number of amides is 1. The number of methoxy groups -OCH3 is 1. The minimum Gasteiger partial charge on any atom is -0.466 e. The number of carbonyl (C=O) groups is 2. The number of esters is 1. The Morgan fingerprint density at radius 3 is 2.67 bits per heavy atom. The van der Waals surface area contributed by atoms with E-state index in [0.29, 0.717) is 28.9 Å². The molecule has 1 aromatic heterocycles. The number of aryl methyl sites for hydroxylation is 1. The molecule has 2 aromatic carbocycles. The fourth-order valence-corrected chi connectivity index (χ4v) is 4.17. The highest BCUT2D eigenvalue weighted by Crippen LogP contribution is 2.39. The van der Waals surface area contributed by atoms with Gasteiger partial charge in [-0.2, -0.15) is 0 Å². The van der Waals surface area contributed by atoms with Crippen molar-refractivity contribution in [1.29, 1.82) is 0 Å². The molecule has 3 aromatic rings. The first-order valence-corrected chi connectivity index (χ1v) is 11.2. The number of aliphatic hydroxyl groups excluding tert-OH is 1. The van der Waals surface area contributed by atoms with Crippen molar-refractivity contribution in [2.45, 2.75) is 25.0 Å². The fraction of sp³-hybridized carbons (Fsp3) is 0.320. The Labute approximate surface area is 197 Å². The van der Waals surface area contributed by atoms with Crippen LogP contribution in [-0.4, -0.2) is 45.1 Å². The molecule has 0 unspecified atom stereocenters. The summed E-state index contributed by atoms with van der Waals surface area (Å²) < 4.78 is 6.52. The Balaban J connectivity index is 1.83. The van der Waals surface area contributed by atoms with Gasteiger partial charge in [-0.25, -0.2) is 9.78 Å². The number of fused-ring (bicyclic) bond motifs is 1. The zero-order chi connectivity index (χ0) is 23.5. The number of para-hydroxylation sites is 2. The monoisotopic (exact) mass is 467 g/mol. The van der Waals surface area contributed by atoms with Gasteiger partial charge in [0.2, 0.25) is 5.91 Å². The van der Waals surface area contributed by atoms with Crippen molar-refractivity contribution in [2.75, 3.05) is 13.7 Å². The highest BCUT2D eigenvalue weighted by Gasteiger charge is 2.38. The van der Waals surface area contributed by atoms with Gasteiger partial charge in [0.1, 0.15) is 18.0 Å². The number of benzene rings is 2. The molecular formula is C25H26ClN3O4. The molecule has 1 aliphatic carbocycles. The number of aliphatic hydroxyl groups is 1. The van der Waals surface area contributed by atoms with E-state index in [9.17, 15) is 14.7 Å². The quantitative estimate of drug-likeness (QED) is 0.400. The van der Waals surface area contributed by atoms with Gasteiger partial charge in [-0.1, -0.05) is 35.9 Å². The van der Waals surface area contributed by atoms with E-state index in [0.717, 1.165) is 30.0 Å². The summed E-state index contributed by atoms with van der Waals surface area (Å²) in [6, 6.07) is 13.8. The Morgan fingerprint density at radius 1 is 1.24 bits per heavy atom. The molecule has 1 fully saturated rings. The standard InChI is InChI=1S/C25H26ClN3O4/c1-28-20-9-4-3-8-19(20)27-25(28)23(24(32)17-6-5-7-18(26)14-17)29(15-16-10-11-16)21(30)12-13-22(31)33-2/h3-9,12-14,16,23-24,32H,10-11,15H2,1-2H3/b13-12+/t23-,24+/m1/s1. The number of rotatable bonds is 8. The number of halogens is 1. The van der Waals surface area contributed by atoms with Crippen LogP contribution in [0.25, 0.3) is 11.0 Å². The fourth-order valence-electron chi connectivity index (χ4n) is 3.97. The molecule has 8 heteroatoms. The van der Waals surface area contributed by atoms with Crippen LogP contribution in [0.5, 0.6) is 0 Å². The second-order valence-corrected chi connectivity index (χ2v) is 8.69. The topological polar surface area (TPSA) is 84.7 Å². The molecular weight excluding hydrogens is 442 g/mol. The van der Waals surface area contributed by atoms with Crippen LogP contribution >= 0.6 is 11.6 Å². The van der Waals surface area contributed by atoms with Gasteiger partial charge >= 0.3 is 5.97 Å². The van der Waals surface area contributed by atoms with E-state index >= 15 is 0 Å². The number of aromatic nitrogens is 2. The molecule has 2 atom stereocenters. The van der Waals surface area contributed by atoms with Crippen LogP contribution in [0.1, 0.15) is 36.4 Å². The second kappa shape index (κ2) is 9.77. The number of carbonyl (C=O) groups excluding carboxylic acids is 2. The third kappa shape index (κ3) is 5.10. The molecule has 0 aliphatic heterocycles. The summed E-state index contributed by atoms with van der Waals surface area (Å²) in [4.78, 5) is 31.3. The highest BCUT2D eigenvalue weighted by molar-refractivity contribution is 6.30. The Bertz CT molecular complexity index is 1200. The Kier molecular flexibility index (Phi) is 6.81. The van der Waals surface area contributed by atoms with Crippen molar-refractivity contribution in [3.8, 4) is 0 Å². The van der Waals surface area contributed by atoms with E-state index in [1.807, 2.05) is 35.9 Å². The number of hydrogen-bond donors (Lipinski definition) is 1. The molecule has 0 spiro atoms. The van der Waals surface area contributed by atoms with Gasteiger partial charge in [-0.05, 0) is 48.6 Å². The maximum atomic E-state index is 13.3. The zero-order valence-electron chi connectivity index (χ0n) is 18.5. The molecule has 7 nitrogen and oxygen atoms in total. The minimum absolute atomic E-state index is 0.337. The molecule has 1 saturated carbocycles. The largest absolute Gasteiger partial charge is 0.466 e. The van der Waals surface area contributed by atoms with Gasteiger partial charge < -0.3 is 19.3 Å². The molecule has 1 heterocycles. The predicted octanol–water partition coefficient (Wildman–Crippen LogP) is 3.97. The van der Waals surface area contributed by atoms with Gasteiger partial charge in [0, 0.05) is 30.8 Å². The first-order chi connectivity index (χ1) is 15.9. The van der Waals surface area contributed by atoms with Crippen molar-refractivity contribution >= 4 is 34.5 Å². The number of ether oxygens (including phenoxy) is 1. The summed E-state index contributed by atoms with van der Waals surface area (Å²) >= 11 is 6.20. The summed E-state index contributed by atoms with van der Waals surface area (Å²) in [5.74, 6) is -0.136. The number of nitrogens with zero attached hydrogens (tertiary/aromatic N) is 3.